The molecular formula is C23H26N4O2. The second-order valence-electron chi connectivity index (χ2n) is 7.30. The molecule has 1 saturated heterocycles. The number of rotatable bonds is 5. The molecule has 1 fully saturated rings. The lowest BCUT2D eigenvalue weighted by Crippen LogP contribution is -2.44. The fraction of sp³-hybridized carbons (Fsp3) is 0.348. The van der Waals surface area contributed by atoms with Crippen LogP contribution in [0, 0.1) is 11.3 Å². The SMILES string of the molecule is CC(=O)c1ccc(NC(=O)C(C)N2CCCN(c3ccccc3C#N)CC2)cc1. The lowest BCUT2D eigenvalue weighted by Gasteiger charge is -2.27. The standard InChI is InChI=1S/C23H26N4O2/c1-17(23(29)25-21-10-8-19(9-11-21)18(2)28)26-12-5-13-27(15-14-26)22-7-4-3-6-20(22)16-24/h3-4,6-11,17H,5,12-15H2,1-2H3,(H,25,29). The van der Waals surface area contributed by atoms with Crippen LogP contribution in [0.25, 0.3) is 0 Å². The average Bonchev–Trinajstić information content (AvgIpc) is 2.99. The van der Waals surface area contributed by atoms with Crippen LogP contribution in [0.3, 0.4) is 0 Å². The summed E-state index contributed by atoms with van der Waals surface area (Å²) >= 11 is 0. The van der Waals surface area contributed by atoms with Gasteiger partial charge in [0.1, 0.15) is 6.07 Å². The molecule has 2 aromatic rings. The molecule has 0 aromatic heterocycles. The Bertz CT molecular complexity index is 917. The van der Waals surface area contributed by atoms with Crippen LogP contribution in [0.2, 0.25) is 0 Å². The van der Waals surface area contributed by atoms with Gasteiger partial charge >= 0.3 is 0 Å². The highest BCUT2D eigenvalue weighted by Gasteiger charge is 2.25. The molecule has 0 saturated carbocycles. The number of benzene rings is 2. The van der Waals surface area contributed by atoms with E-state index in [2.05, 4.69) is 21.2 Å². The Kier molecular flexibility index (Phi) is 6.63. The predicted molar refractivity (Wildman–Crippen MR) is 114 cm³/mol. The third-order valence-electron chi connectivity index (χ3n) is 5.38. The molecule has 0 radical (unpaired) electrons. The third-order valence-corrected chi connectivity index (χ3v) is 5.38. The number of nitriles is 1. The topological polar surface area (TPSA) is 76.4 Å². The Morgan fingerprint density at radius 2 is 1.76 bits per heavy atom. The van der Waals surface area contributed by atoms with Gasteiger partial charge in [-0.3, -0.25) is 14.5 Å². The van der Waals surface area contributed by atoms with Crippen LogP contribution in [-0.2, 0) is 4.79 Å². The first-order chi connectivity index (χ1) is 14.0. The second-order valence-corrected chi connectivity index (χ2v) is 7.30. The number of carbonyl (C=O) groups excluding carboxylic acids is 2. The largest absolute Gasteiger partial charge is 0.369 e. The smallest absolute Gasteiger partial charge is 0.241 e. The Morgan fingerprint density at radius 1 is 1.03 bits per heavy atom. The molecule has 1 unspecified atom stereocenters. The van der Waals surface area contributed by atoms with E-state index in [-0.39, 0.29) is 17.7 Å². The molecule has 1 atom stereocenters. The molecule has 6 heteroatoms. The minimum absolute atomic E-state index is 0.00309. The van der Waals surface area contributed by atoms with Gasteiger partial charge in [-0.15, -0.1) is 0 Å². The minimum Gasteiger partial charge on any atom is -0.369 e. The Labute approximate surface area is 171 Å². The number of carbonyl (C=O) groups is 2. The predicted octanol–water partition coefficient (Wildman–Crippen LogP) is 3.30. The molecule has 1 aliphatic heterocycles. The first-order valence-electron chi connectivity index (χ1n) is 9.89. The molecule has 0 spiro atoms. The molecule has 1 N–H and O–H groups in total. The maximum atomic E-state index is 12.7. The molecule has 0 aliphatic carbocycles. The van der Waals surface area contributed by atoms with E-state index in [1.54, 1.807) is 24.3 Å². The summed E-state index contributed by atoms with van der Waals surface area (Å²) in [7, 11) is 0. The van der Waals surface area contributed by atoms with E-state index in [4.69, 9.17) is 0 Å². The summed E-state index contributed by atoms with van der Waals surface area (Å²) in [4.78, 5) is 28.5. The van der Waals surface area contributed by atoms with Gasteiger partial charge in [0.15, 0.2) is 5.78 Å². The first-order valence-corrected chi connectivity index (χ1v) is 9.89. The van der Waals surface area contributed by atoms with Crippen LogP contribution in [0.1, 0.15) is 36.2 Å². The second kappa shape index (κ2) is 9.35. The van der Waals surface area contributed by atoms with Gasteiger partial charge < -0.3 is 10.2 Å². The summed E-state index contributed by atoms with van der Waals surface area (Å²) in [5.41, 5.74) is 2.95. The molecule has 0 bridgehead atoms. The van der Waals surface area contributed by atoms with Crippen LogP contribution >= 0.6 is 0 Å². The highest BCUT2D eigenvalue weighted by Crippen LogP contribution is 2.22. The summed E-state index contributed by atoms with van der Waals surface area (Å²) in [6.07, 6.45) is 0.921. The van der Waals surface area contributed by atoms with Gasteiger partial charge in [0.25, 0.3) is 0 Å². The van der Waals surface area contributed by atoms with Crippen molar-refractivity contribution < 1.29 is 9.59 Å². The number of para-hydroxylation sites is 1. The van der Waals surface area contributed by atoms with Crippen LogP contribution in [0.15, 0.2) is 48.5 Å². The highest BCUT2D eigenvalue weighted by molar-refractivity contribution is 5.97. The summed E-state index contributed by atoms with van der Waals surface area (Å²) in [6, 6.07) is 16.6. The van der Waals surface area contributed by atoms with E-state index in [9.17, 15) is 14.9 Å². The van der Waals surface area contributed by atoms with Crippen LogP contribution < -0.4 is 10.2 Å². The van der Waals surface area contributed by atoms with Gasteiger partial charge in [-0.05, 0) is 56.7 Å². The van der Waals surface area contributed by atoms with Crippen molar-refractivity contribution in [2.45, 2.75) is 26.3 Å². The maximum Gasteiger partial charge on any atom is 0.241 e. The zero-order valence-electron chi connectivity index (χ0n) is 16.9. The Balaban J connectivity index is 1.61. The molecule has 1 heterocycles. The number of ketones is 1. The minimum atomic E-state index is -0.270. The van der Waals surface area contributed by atoms with E-state index in [1.807, 2.05) is 31.2 Å². The molecule has 3 rings (SSSR count). The highest BCUT2D eigenvalue weighted by atomic mass is 16.2. The number of anilines is 2. The van der Waals surface area contributed by atoms with Crippen molar-refractivity contribution in [1.82, 2.24) is 4.90 Å². The van der Waals surface area contributed by atoms with E-state index >= 15 is 0 Å². The summed E-state index contributed by atoms with van der Waals surface area (Å²) in [5.74, 6) is -0.0604. The number of nitrogens with zero attached hydrogens (tertiary/aromatic N) is 3. The van der Waals surface area contributed by atoms with Crippen molar-refractivity contribution in [3.8, 4) is 6.07 Å². The van der Waals surface area contributed by atoms with E-state index < -0.39 is 0 Å². The van der Waals surface area contributed by atoms with Crippen molar-refractivity contribution >= 4 is 23.1 Å². The van der Waals surface area contributed by atoms with Crippen LogP contribution in [0.4, 0.5) is 11.4 Å². The Morgan fingerprint density at radius 3 is 2.45 bits per heavy atom. The van der Waals surface area contributed by atoms with E-state index in [0.29, 0.717) is 16.8 Å². The molecule has 1 aliphatic rings. The number of hydrogen-bond acceptors (Lipinski definition) is 5. The summed E-state index contributed by atoms with van der Waals surface area (Å²) < 4.78 is 0. The van der Waals surface area contributed by atoms with Crippen molar-refractivity contribution in [1.29, 1.82) is 5.26 Å². The lowest BCUT2D eigenvalue weighted by molar-refractivity contribution is -0.120. The van der Waals surface area contributed by atoms with Crippen molar-refractivity contribution in [3.63, 3.8) is 0 Å². The monoisotopic (exact) mass is 390 g/mol. The van der Waals surface area contributed by atoms with Gasteiger partial charge in [-0.25, -0.2) is 0 Å². The van der Waals surface area contributed by atoms with Gasteiger partial charge in [0.05, 0.1) is 17.3 Å². The third kappa shape index (κ3) is 5.01. The molecule has 1 amide bonds. The van der Waals surface area contributed by atoms with Crippen LogP contribution in [0.5, 0.6) is 0 Å². The molecule has 2 aromatic carbocycles. The number of Topliss-reactive ketones (excluding diaryl/α,β-unsaturated/α-hetero) is 1. The zero-order valence-corrected chi connectivity index (χ0v) is 16.9. The van der Waals surface area contributed by atoms with Gasteiger partial charge in [0, 0.05) is 37.4 Å². The van der Waals surface area contributed by atoms with Gasteiger partial charge in [-0.2, -0.15) is 5.26 Å². The summed E-state index contributed by atoms with van der Waals surface area (Å²) in [5, 5.41) is 12.3. The van der Waals surface area contributed by atoms with Crippen molar-refractivity contribution in [2.75, 3.05) is 36.4 Å². The van der Waals surface area contributed by atoms with E-state index in [1.165, 1.54) is 6.92 Å². The first kappa shape index (κ1) is 20.6. The number of hydrogen-bond donors (Lipinski definition) is 1. The Hall–Kier alpha value is -3.17. The maximum absolute atomic E-state index is 12.7. The van der Waals surface area contributed by atoms with Crippen molar-refractivity contribution in [3.05, 3.63) is 59.7 Å². The molecular weight excluding hydrogens is 364 g/mol. The van der Waals surface area contributed by atoms with Crippen molar-refractivity contribution in [2.24, 2.45) is 0 Å². The number of nitrogens with one attached hydrogen (secondary N) is 1. The average molecular weight is 390 g/mol. The van der Waals surface area contributed by atoms with Gasteiger partial charge in [-0.1, -0.05) is 12.1 Å². The summed E-state index contributed by atoms with van der Waals surface area (Å²) in [6.45, 7) is 6.63. The fourth-order valence-corrected chi connectivity index (χ4v) is 3.61. The lowest BCUT2D eigenvalue weighted by atomic mass is 10.1. The van der Waals surface area contributed by atoms with Gasteiger partial charge in [0.2, 0.25) is 5.91 Å². The number of amides is 1. The molecule has 150 valence electrons. The molecule has 29 heavy (non-hydrogen) atoms. The quantitative estimate of drug-likeness (QED) is 0.793. The van der Waals surface area contributed by atoms with Crippen LogP contribution in [-0.4, -0.2) is 48.8 Å². The zero-order chi connectivity index (χ0) is 20.8. The normalized spacial score (nSPS) is 15.8. The fourth-order valence-electron chi connectivity index (χ4n) is 3.61. The van der Waals surface area contributed by atoms with E-state index in [0.717, 1.165) is 38.3 Å². The molecule has 6 nitrogen and oxygen atoms in total.